The number of hydrogen-bond acceptors (Lipinski definition) is 2. The molecule has 2 nitrogen and oxygen atoms in total. The maximum Gasteiger partial charge on any atom is 0.0619 e. The van der Waals surface area contributed by atoms with Crippen LogP contribution in [0.4, 0.5) is 17.1 Å². The average Bonchev–Trinajstić information content (AvgIpc) is 3.71. The predicted molar refractivity (Wildman–Crippen MR) is 211 cm³/mol. The zero-order valence-corrected chi connectivity index (χ0v) is 27.4. The molecule has 0 N–H and O–H groups in total. The molecule has 0 aliphatic heterocycles. The Hall–Kier alpha value is -6.16. The molecule has 10 aromatic rings. The number of hydrogen-bond donors (Lipinski definition) is 0. The van der Waals surface area contributed by atoms with Crippen molar-refractivity contribution in [3.63, 3.8) is 0 Å². The summed E-state index contributed by atoms with van der Waals surface area (Å²) in [5.41, 5.74) is 9.42. The Morgan fingerprint density at radius 2 is 1.06 bits per heavy atom. The van der Waals surface area contributed by atoms with Crippen molar-refractivity contribution in [2.45, 2.75) is 0 Å². The third-order valence-corrected chi connectivity index (χ3v) is 10.9. The molecular formula is C46H30N2S. The highest BCUT2D eigenvalue weighted by Crippen LogP contribution is 2.45. The smallest absolute Gasteiger partial charge is 0.0619 e. The van der Waals surface area contributed by atoms with Crippen molar-refractivity contribution in [1.82, 2.24) is 4.57 Å². The predicted octanol–water partition coefficient (Wildman–Crippen LogP) is 13.4. The molecule has 0 amide bonds. The van der Waals surface area contributed by atoms with Gasteiger partial charge in [0.15, 0.2) is 0 Å². The largest absolute Gasteiger partial charge is 0.310 e. The normalized spacial score (nSPS) is 11.7. The molecular weight excluding hydrogens is 613 g/mol. The van der Waals surface area contributed by atoms with Crippen LogP contribution in [0, 0.1) is 0 Å². The van der Waals surface area contributed by atoms with Gasteiger partial charge in [-0.3, -0.25) is 0 Å². The van der Waals surface area contributed by atoms with E-state index in [-0.39, 0.29) is 0 Å². The van der Waals surface area contributed by atoms with E-state index in [2.05, 4.69) is 191 Å². The minimum absolute atomic E-state index is 1.12. The Kier molecular flexibility index (Phi) is 6.39. The van der Waals surface area contributed by atoms with Gasteiger partial charge in [0.25, 0.3) is 0 Å². The first-order chi connectivity index (χ1) is 24.3. The van der Waals surface area contributed by atoms with E-state index in [0.717, 1.165) is 17.1 Å². The SMILES string of the molecule is c1ccc(-c2ccccc2N(c2ccc3c(ccc4c5ccccc5n(-c5ccccc5)c34)c2)c2ccc3c(c2)sc2ccccc23)cc1. The van der Waals surface area contributed by atoms with Gasteiger partial charge >= 0.3 is 0 Å². The zero-order chi connectivity index (χ0) is 32.3. The van der Waals surface area contributed by atoms with Crippen LogP contribution in [-0.4, -0.2) is 4.57 Å². The van der Waals surface area contributed by atoms with E-state index >= 15 is 0 Å². The fourth-order valence-electron chi connectivity index (χ4n) is 7.57. The van der Waals surface area contributed by atoms with E-state index in [1.165, 1.54) is 69.6 Å². The first kappa shape index (κ1) is 27.9. The Bertz CT molecular complexity index is 2830. The first-order valence-electron chi connectivity index (χ1n) is 16.7. The third kappa shape index (κ3) is 4.47. The van der Waals surface area contributed by atoms with Gasteiger partial charge in [-0.05, 0) is 65.5 Å². The lowest BCUT2D eigenvalue weighted by atomic mass is 10.0. The standard InChI is InChI=1S/C46H30N2S/c1-3-13-31(14-4-1)36-17-7-10-20-42(36)47(35-25-28-40-39-19-9-12-22-44(39)49-45(40)30-35)34-24-27-37-32(29-34)23-26-41-38-18-8-11-21-43(38)48(46(37)41)33-15-5-2-6-16-33/h1-30H. The van der Waals surface area contributed by atoms with E-state index in [4.69, 9.17) is 0 Å². The number of benzene rings is 8. The van der Waals surface area contributed by atoms with Gasteiger partial charge < -0.3 is 9.47 Å². The second-order valence-corrected chi connectivity index (χ2v) is 13.6. The molecule has 10 rings (SSSR count). The molecule has 0 saturated heterocycles. The monoisotopic (exact) mass is 642 g/mol. The quantitative estimate of drug-likeness (QED) is 0.181. The van der Waals surface area contributed by atoms with Crippen LogP contribution in [-0.2, 0) is 0 Å². The summed E-state index contributed by atoms with van der Waals surface area (Å²) in [6.07, 6.45) is 0. The topological polar surface area (TPSA) is 8.17 Å². The molecule has 0 aliphatic rings. The van der Waals surface area contributed by atoms with Gasteiger partial charge in [0, 0.05) is 59.0 Å². The zero-order valence-electron chi connectivity index (χ0n) is 26.6. The summed E-state index contributed by atoms with van der Waals surface area (Å²) in [5.74, 6) is 0. The van der Waals surface area contributed by atoms with Gasteiger partial charge in [-0.25, -0.2) is 0 Å². The maximum absolute atomic E-state index is 2.43. The van der Waals surface area contributed by atoms with Crippen LogP contribution in [0.25, 0.3) is 69.6 Å². The van der Waals surface area contributed by atoms with Gasteiger partial charge in [0.05, 0.1) is 16.7 Å². The Morgan fingerprint density at radius 1 is 0.429 bits per heavy atom. The van der Waals surface area contributed by atoms with Crippen molar-refractivity contribution < 1.29 is 0 Å². The van der Waals surface area contributed by atoms with E-state index in [0.29, 0.717) is 0 Å². The highest BCUT2D eigenvalue weighted by atomic mass is 32.1. The fraction of sp³-hybridized carbons (Fsp3) is 0. The van der Waals surface area contributed by atoms with Crippen LogP contribution in [0.1, 0.15) is 0 Å². The van der Waals surface area contributed by atoms with Crippen LogP contribution < -0.4 is 4.90 Å². The number of thiophene rings is 1. The number of nitrogens with zero attached hydrogens (tertiary/aromatic N) is 2. The van der Waals surface area contributed by atoms with Crippen LogP contribution in [0.15, 0.2) is 182 Å². The van der Waals surface area contributed by atoms with E-state index in [1.807, 2.05) is 11.3 Å². The fourth-order valence-corrected chi connectivity index (χ4v) is 8.71. The number of rotatable bonds is 5. The maximum atomic E-state index is 2.43. The first-order valence-corrected chi connectivity index (χ1v) is 17.5. The average molecular weight is 643 g/mol. The van der Waals surface area contributed by atoms with Crippen molar-refractivity contribution in [3.8, 4) is 16.8 Å². The second-order valence-electron chi connectivity index (χ2n) is 12.6. The van der Waals surface area contributed by atoms with Crippen LogP contribution >= 0.6 is 11.3 Å². The number of anilines is 3. The molecule has 49 heavy (non-hydrogen) atoms. The summed E-state index contributed by atoms with van der Waals surface area (Å²) in [4.78, 5) is 2.43. The molecule has 2 heterocycles. The van der Waals surface area contributed by atoms with Crippen molar-refractivity contribution in [2.24, 2.45) is 0 Å². The molecule has 3 heteroatoms. The van der Waals surface area contributed by atoms with Crippen molar-refractivity contribution in [3.05, 3.63) is 182 Å². The van der Waals surface area contributed by atoms with E-state index < -0.39 is 0 Å². The lowest BCUT2D eigenvalue weighted by Gasteiger charge is -2.28. The Balaban J connectivity index is 1.23. The molecule has 0 saturated carbocycles. The van der Waals surface area contributed by atoms with Gasteiger partial charge in [0.2, 0.25) is 0 Å². The Labute approximate surface area is 288 Å². The highest BCUT2D eigenvalue weighted by molar-refractivity contribution is 7.25. The lowest BCUT2D eigenvalue weighted by molar-refractivity contribution is 1.19. The summed E-state index contributed by atoms with van der Waals surface area (Å²) in [7, 11) is 0. The second kappa shape index (κ2) is 11.2. The summed E-state index contributed by atoms with van der Waals surface area (Å²) < 4.78 is 5.02. The molecule has 0 aliphatic carbocycles. The summed E-state index contributed by atoms with van der Waals surface area (Å²) in [5, 5.41) is 7.58. The third-order valence-electron chi connectivity index (χ3n) is 9.76. The molecule has 0 unspecified atom stereocenters. The molecule has 2 aromatic heterocycles. The van der Waals surface area contributed by atoms with E-state index in [9.17, 15) is 0 Å². The van der Waals surface area contributed by atoms with E-state index in [1.54, 1.807) is 0 Å². The molecule has 0 radical (unpaired) electrons. The number of para-hydroxylation sites is 3. The summed E-state index contributed by atoms with van der Waals surface area (Å²) in [6.45, 7) is 0. The van der Waals surface area contributed by atoms with Gasteiger partial charge in [-0.15, -0.1) is 11.3 Å². The molecule has 0 bridgehead atoms. The number of aromatic nitrogens is 1. The molecule has 0 spiro atoms. The van der Waals surface area contributed by atoms with Crippen molar-refractivity contribution >= 4 is 81.1 Å². The van der Waals surface area contributed by atoms with Crippen LogP contribution in [0.3, 0.4) is 0 Å². The Morgan fingerprint density at radius 3 is 1.92 bits per heavy atom. The minimum atomic E-state index is 1.12. The molecule has 0 fully saturated rings. The van der Waals surface area contributed by atoms with Crippen LogP contribution in [0.5, 0.6) is 0 Å². The van der Waals surface area contributed by atoms with Crippen molar-refractivity contribution in [1.29, 1.82) is 0 Å². The highest BCUT2D eigenvalue weighted by Gasteiger charge is 2.20. The minimum Gasteiger partial charge on any atom is -0.310 e. The van der Waals surface area contributed by atoms with Crippen LogP contribution in [0.2, 0.25) is 0 Å². The lowest BCUT2D eigenvalue weighted by Crippen LogP contribution is -2.11. The van der Waals surface area contributed by atoms with Gasteiger partial charge in [0.1, 0.15) is 0 Å². The number of fused-ring (bicyclic) bond motifs is 8. The summed E-state index contributed by atoms with van der Waals surface area (Å²) in [6, 6.07) is 66.2. The van der Waals surface area contributed by atoms with Crippen molar-refractivity contribution in [2.75, 3.05) is 4.90 Å². The summed E-state index contributed by atoms with van der Waals surface area (Å²) >= 11 is 1.86. The van der Waals surface area contributed by atoms with Gasteiger partial charge in [-0.1, -0.05) is 127 Å². The molecule has 8 aromatic carbocycles. The molecule has 230 valence electrons. The molecule has 0 atom stereocenters. The van der Waals surface area contributed by atoms with Gasteiger partial charge in [-0.2, -0.15) is 0 Å².